The van der Waals surface area contributed by atoms with Crippen LogP contribution in [0.4, 0.5) is 0 Å². The van der Waals surface area contributed by atoms with Crippen molar-refractivity contribution in [3.63, 3.8) is 0 Å². The van der Waals surface area contributed by atoms with Gasteiger partial charge in [0.2, 0.25) is 0 Å². The molecule has 124 valence electrons. The first kappa shape index (κ1) is 15.9. The highest BCUT2D eigenvalue weighted by Gasteiger charge is 2.26. The van der Waals surface area contributed by atoms with Crippen LogP contribution in [-0.4, -0.2) is 69.7 Å². The molecule has 0 amide bonds. The van der Waals surface area contributed by atoms with E-state index in [1.54, 1.807) is 4.68 Å². The molecule has 0 bridgehead atoms. The summed E-state index contributed by atoms with van der Waals surface area (Å²) in [5.74, 6) is 0.829. The SMILES string of the molecule is C[C@H]1CN(CC2CCN(Cc3cn(C)nn3)CC2)C[C@H](C)O1. The molecule has 2 aliphatic rings. The highest BCUT2D eigenvalue weighted by molar-refractivity contribution is 4.92. The zero-order valence-electron chi connectivity index (χ0n) is 14.1. The van der Waals surface area contributed by atoms with Crippen LogP contribution in [0.25, 0.3) is 0 Å². The van der Waals surface area contributed by atoms with Crippen molar-refractivity contribution in [3.05, 3.63) is 11.9 Å². The van der Waals surface area contributed by atoms with Gasteiger partial charge >= 0.3 is 0 Å². The molecule has 22 heavy (non-hydrogen) atoms. The van der Waals surface area contributed by atoms with Crippen molar-refractivity contribution >= 4 is 0 Å². The van der Waals surface area contributed by atoms with Crippen molar-refractivity contribution in [2.75, 3.05) is 32.7 Å². The van der Waals surface area contributed by atoms with Gasteiger partial charge in [0, 0.05) is 39.4 Å². The summed E-state index contributed by atoms with van der Waals surface area (Å²) in [7, 11) is 1.92. The molecular formula is C16H29N5O. The molecule has 6 heteroatoms. The first-order chi connectivity index (χ1) is 10.6. The predicted octanol–water partition coefficient (Wildman–Crippen LogP) is 1.14. The van der Waals surface area contributed by atoms with Gasteiger partial charge in [0.15, 0.2) is 0 Å². The molecule has 0 N–H and O–H groups in total. The largest absolute Gasteiger partial charge is 0.373 e. The summed E-state index contributed by atoms with van der Waals surface area (Å²) in [6.45, 7) is 11.1. The number of aromatic nitrogens is 3. The van der Waals surface area contributed by atoms with Crippen LogP contribution in [0, 0.1) is 5.92 Å². The molecule has 3 heterocycles. The fourth-order valence-corrected chi connectivity index (χ4v) is 3.82. The number of nitrogens with zero attached hydrogens (tertiary/aromatic N) is 5. The summed E-state index contributed by atoms with van der Waals surface area (Å²) >= 11 is 0. The minimum Gasteiger partial charge on any atom is -0.373 e. The molecule has 6 nitrogen and oxygen atoms in total. The molecule has 0 aliphatic carbocycles. The van der Waals surface area contributed by atoms with Crippen LogP contribution >= 0.6 is 0 Å². The Hall–Kier alpha value is -0.980. The average Bonchev–Trinajstić information content (AvgIpc) is 2.85. The summed E-state index contributed by atoms with van der Waals surface area (Å²) in [5, 5.41) is 8.20. The van der Waals surface area contributed by atoms with Crippen molar-refractivity contribution in [2.45, 2.75) is 45.4 Å². The van der Waals surface area contributed by atoms with Crippen LogP contribution in [0.5, 0.6) is 0 Å². The molecular weight excluding hydrogens is 278 g/mol. The first-order valence-electron chi connectivity index (χ1n) is 8.54. The number of morpholine rings is 1. The molecule has 2 aliphatic heterocycles. The number of aryl methyl sites for hydroxylation is 1. The number of ether oxygens (including phenoxy) is 1. The van der Waals surface area contributed by atoms with Crippen molar-refractivity contribution in [2.24, 2.45) is 13.0 Å². The van der Waals surface area contributed by atoms with Gasteiger partial charge in [-0.05, 0) is 45.7 Å². The lowest BCUT2D eigenvalue weighted by Crippen LogP contribution is -2.48. The quantitative estimate of drug-likeness (QED) is 0.835. The molecule has 3 rings (SSSR count). The Morgan fingerprint density at radius 3 is 2.41 bits per heavy atom. The lowest BCUT2D eigenvalue weighted by Gasteiger charge is -2.39. The molecule has 0 aromatic carbocycles. The van der Waals surface area contributed by atoms with E-state index in [-0.39, 0.29) is 0 Å². The van der Waals surface area contributed by atoms with E-state index in [0.717, 1.165) is 31.2 Å². The summed E-state index contributed by atoms with van der Waals surface area (Å²) in [6.07, 6.45) is 5.35. The molecule has 0 saturated carbocycles. The van der Waals surface area contributed by atoms with E-state index in [2.05, 4.69) is 34.0 Å². The minimum atomic E-state index is 0.375. The summed E-state index contributed by atoms with van der Waals surface area (Å²) in [5.41, 5.74) is 1.08. The normalized spacial score (nSPS) is 29.0. The third-order valence-electron chi connectivity index (χ3n) is 4.75. The standard InChI is InChI=1S/C16H29N5O/c1-13-8-21(9-14(2)22-13)10-15-4-6-20(7-5-15)12-16-11-19(3)18-17-16/h11,13-15H,4-10,12H2,1-3H3/t13-,14-/m0/s1. The van der Waals surface area contributed by atoms with Crippen LogP contribution in [0.2, 0.25) is 0 Å². The van der Waals surface area contributed by atoms with Gasteiger partial charge in [-0.3, -0.25) is 14.5 Å². The van der Waals surface area contributed by atoms with Gasteiger partial charge in [0.25, 0.3) is 0 Å². The molecule has 0 radical (unpaired) electrons. The lowest BCUT2D eigenvalue weighted by molar-refractivity contribution is -0.0732. The predicted molar refractivity (Wildman–Crippen MR) is 85.5 cm³/mol. The maximum atomic E-state index is 5.83. The van der Waals surface area contributed by atoms with Gasteiger partial charge in [-0.25, -0.2) is 0 Å². The van der Waals surface area contributed by atoms with Crippen LogP contribution in [0.15, 0.2) is 6.20 Å². The number of hydrogen-bond donors (Lipinski definition) is 0. The Morgan fingerprint density at radius 1 is 1.14 bits per heavy atom. The molecule has 0 spiro atoms. The second-order valence-electron chi connectivity index (χ2n) is 7.08. The first-order valence-corrected chi connectivity index (χ1v) is 8.54. The molecule has 2 atom stereocenters. The van der Waals surface area contributed by atoms with Gasteiger partial charge in [-0.2, -0.15) is 0 Å². The Bertz CT molecular complexity index is 459. The Kier molecular flexibility index (Phi) is 5.10. The topological polar surface area (TPSA) is 46.4 Å². The molecule has 2 fully saturated rings. The molecule has 0 unspecified atom stereocenters. The van der Waals surface area contributed by atoms with Crippen molar-refractivity contribution in [1.82, 2.24) is 24.8 Å². The second-order valence-corrected chi connectivity index (χ2v) is 7.08. The lowest BCUT2D eigenvalue weighted by atomic mass is 9.95. The number of piperidine rings is 1. The van der Waals surface area contributed by atoms with Crippen molar-refractivity contribution in [1.29, 1.82) is 0 Å². The highest BCUT2D eigenvalue weighted by Crippen LogP contribution is 2.21. The maximum Gasteiger partial charge on any atom is 0.0966 e. The average molecular weight is 307 g/mol. The van der Waals surface area contributed by atoms with Gasteiger partial charge in [0.1, 0.15) is 0 Å². The van der Waals surface area contributed by atoms with E-state index in [0.29, 0.717) is 12.2 Å². The van der Waals surface area contributed by atoms with E-state index in [4.69, 9.17) is 4.74 Å². The van der Waals surface area contributed by atoms with Crippen LogP contribution in [-0.2, 0) is 18.3 Å². The van der Waals surface area contributed by atoms with Crippen LogP contribution < -0.4 is 0 Å². The Morgan fingerprint density at radius 2 is 1.82 bits per heavy atom. The summed E-state index contributed by atoms with van der Waals surface area (Å²) in [6, 6.07) is 0. The zero-order valence-corrected chi connectivity index (χ0v) is 14.1. The molecule has 1 aromatic heterocycles. The number of hydrogen-bond acceptors (Lipinski definition) is 5. The number of likely N-dealkylation sites (tertiary alicyclic amines) is 1. The fourth-order valence-electron chi connectivity index (χ4n) is 3.82. The molecule has 1 aromatic rings. The third kappa shape index (κ3) is 4.27. The minimum absolute atomic E-state index is 0.375. The van der Waals surface area contributed by atoms with Gasteiger partial charge < -0.3 is 4.74 Å². The van der Waals surface area contributed by atoms with Crippen molar-refractivity contribution in [3.8, 4) is 0 Å². The van der Waals surface area contributed by atoms with Gasteiger partial charge in [-0.1, -0.05) is 5.21 Å². The highest BCUT2D eigenvalue weighted by atomic mass is 16.5. The zero-order chi connectivity index (χ0) is 15.5. The molecule has 2 saturated heterocycles. The van der Waals surface area contributed by atoms with E-state index in [1.165, 1.54) is 32.5 Å². The second kappa shape index (κ2) is 7.06. The van der Waals surface area contributed by atoms with Crippen molar-refractivity contribution < 1.29 is 4.74 Å². The van der Waals surface area contributed by atoms with Gasteiger partial charge in [0.05, 0.1) is 17.9 Å². The smallest absolute Gasteiger partial charge is 0.0966 e. The van der Waals surface area contributed by atoms with Crippen LogP contribution in [0.1, 0.15) is 32.4 Å². The van der Waals surface area contributed by atoms with E-state index in [1.807, 2.05) is 13.2 Å². The third-order valence-corrected chi connectivity index (χ3v) is 4.75. The fraction of sp³-hybridized carbons (Fsp3) is 0.875. The van der Waals surface area contributed by atoms with Gasteiger partial charge in [-0.15, -0.1) is 5.10 Å². The van der Waals surface area contributed by atoms with E-state index in [9.17, 15) is 0 Å². The van der Waals surface area contributed by atoms with E-state index >= 15 is 0 Å². The Balaban J connectivity index is 1.41. The summed E-state index contributed by atoms with van der Waals surface area (Å²) < 4.78 is 7.61. The monoisotopic (exact) mass is 307 g/mol. The Labute approximate surface area is 133 Å². The van der Waals surface area contributed by atoms with E-state index < -0.39 is 0 Å². The maximum absolute atomic E-state index is 5.83. The summed E-state index contributed by atoms with van der Waals surface area (Å²) in [4.78, 5) is 5.10. The number of rotatable bonds is 4. The van der Waals surface area contributed by atoms with Crippen LogP contribution in [0.3, 0.4) is 0 Å².